The third-order valence-corrected chi connectivity index (χ3v) is 6.55. The number of halogens is 1. The highest BCUT2D eigenvalue weighted by Gasteiger charge is 2.29. The van der Waals surface area contributed by atoms with Gasteiger partial charge in [0.05, 0.1) is 10.2 Å². The summed E-state index contributed by atoms with van der Waals surface area (Å²) < 4.78 is 37.6. The van der Waals surface area contributed by atoms with Crippen molar-refractivity contribution in [3.05, 3.63) is 97.1 Å². The zero-order valence-electron chi connectivity index (χ0n) is 20.8. The molecule has 5 rings (SSSR count). The molecule has 0 aliphatic carbocycles. The maximum absolute atomic E-state index is 8.49. The van der Waals surface area contributed by atoms with E-state index in [1.807, 2.05) is 0 Å². The van der Waals surface area contributed by atoms with E-state index in [0.717, 1.165) is 17.1 Å². The normalized spacial score (nSPS) is 11.8. The Labute approximate surface area is 222 Å². The molecule has 8 heteroatoms. The van der Waals surface area contributed by atoms with E-state index in [1.165, 1.54) is 32.8 Å². The Morgan fingerprint density at radius 3 is 1.78 bits per heavy atom. The summed E-state index contributed by atoms with van der Waals surface area (Å²) in [6.45, 7) is 7.78. The van der Waals surface area contributed by atoms with Crippen molar-refractivity contribution in [1.29, 1.82) is 0 Å². The highest BCUT2D eigenvalue weighted by Crippen LogP contribution is 2.34. The van der Waals surface area contributed by atoms with E-state index in [0.29, 0.717) is 0 Å². The Morgan fingerprint density at radius 1 is 0.703 bits per heavy atom. The van der Waals surface area contributed by atoms with Crippen molar-refractivity contribution in [3.63, 3.8) is 0 Å². The van der Waals surface area contributed by atoms with Crippen LogP contribution < -0.4 is 23.2 Å². The molecule has 0 aliphatic heterocycles. The number of hydrogen-bond acceptors (Lipinski definition) is 6. The molecule has 0 spiro atoms. The highest BCUT2D eigenvalue weighted by molar-refractivity contribution is 7.21. The number of aromatic nitrogens is 2. The maximum atomic E-state index is 8.49. The van der Waals surface area contributed by atoms with E-state index in [2.05, 4.69) is 122 Å². The van der Waals surface area contributed by atoms with Gasteiger partial charge in [-0.05, 0) is 35.4 Å². The Morgan fingerprint density at radius 2 is 1.22 bits per heavy atom. The van der Waals surface area contributed by atoms with Crippen molar-refractivity contribution in [2.75, 3.05) is 0 Å². The van der Waals surface area contributed by atoms with E-state index >= 15 is 0 Å². The molecule has 0 fully saturated rings. The summed E-state index contributed by atoms with van der Waals surface area (Å²) in [4.78, 5) is 5.04. The summed E-state index contributed by atoms with van der Waals surface area (Å²) in [6.07, 6.45) is 0. The number of hydrogen-bond donors (Lipinski definition) is 0. The first-order valence-electron chi connectivity index (χ1n) is 11.6. The zero-order valence-corrected chi connectivity index (χ0v) is 22.3. The van der Waals surface area contributed by atoms with Crippen LogP contribution in [0.2, 0.25) is 0 Å². The molecule has 0 unspecified atom stereocenters. The number of nitrogens with zero attached hydrogens (tertiary/aromatic N) is 2. The van der Waals surface area contributed by atoms with Gasteiger partial charge < -0.3 is 0 Å². The quantitative estimate of drug-likeness (QED) is 0.329. The van der Waals surface area contributed by atoms with Crippen LogP contribution in [0.1, 0.15) is 20.8 Å². The fourth-order valence-electron chi connectivity index (χ4n) is 4.07. The van der Waals surface area contributed by atoms with Crippen molar-refractivity contribution >= 4 is 21.6 Å². The van der Waals surface area contributed by atoms with Crippen LogP contribution in [0, 0.1) is 15.7 Å². The molecule has 0 atom stereocenters. The van der Waals surface area contributed by atoms with E-state index in [1.54, 1.807) is 11.3 Å². The largest absolute Gasteiger partial charge is 0.242 e. The lowest BCUT2D eigenvalue weighted by atomic mass is 9.94. The summed E-state index contributed by atoms with van der Waals surface area (Å²) in [6, 6.07) is 34.4. The molecule has 0 saturated heterocycles. The topological polar surface area (TPSA) is 109 Å². The summed E-state index contributed by atoms with van der Waals surface area (Å²) in [7, 11) is -4.94. The monoisotopic (exact) mass is 534 g/mol. The van der Waals surface area contributed by atoms with Crippen molar-refractivity contribution in [2.24, 2.45) is 5.41 Å². The van der Waals surface area contributed by atoms with Gasteiger partial charge in [0.15, 0.2) is 11.6 Å². The molecular formula is C29H27ClN2O4S. The molecule has 0 bridgehead atoms. The van der Waals surface area contributed by atoms with Gasteiger partial charge in [0.25, 0.3) is 0 Å². The summed E-state index contributed by atoms with van der Waals surface area (Å²) in [5, 5.41) is 1.06. The van der Waals surface area contributed by atoms with E-state index in [-0.39, 0.29) is 5.41 Å². The van der Waals surface area contributed by atoms with Gasteiger partial charge in [-0.1, -0.05) is 81.4 Å². The van der Waals surface area contributed by atoms with Crippen LogP contribution >= 0.6 is 11.3 Å². The average molecular weight is 535 g/mol. The van der Waals surface area contributed by atoms with Gasteiger partial charge in [0.2, 0.25) is 11.4 Å². The minimum absolute atomic E-state index is 0.119. The summed E-state index contributed by atoms with van der Waals surface area (Å²) in [5.74, 6) is 0. The van der Waals surface area contributed by atoms with Crippen LogP contribution in [0.4, 0.5) is 0 Å². The van der Waals surface area contributed by atoms with Gasteiger partial charge >= 0.3 is 0 Å². The summed E-state index contributed by atoms with van der Waals surface area (Å²) in [5.41, 5.74) is 7.21. The van der Waals surface area contributed by atoms with Crippen molar-refractivity contribution < 1.29 is 33.4 Å². The third-order valence-electron chi connectivity index (χ3n) is 5.49. The molecule has 0 radical (unpaired) electrons. The van der Waals surface area contributed by atoms with Gasteiger partial charge in [-0.25, -0.2) is 23.6 Å². The molecule has 3 aromatic carbocycles. The van der Waals surface area contributed by atoms with Crippen LogP contribution in [0.15, 0.2) is 97.1 Å². The Hall–Kier alpha value is -3.17. The smallest absolute Gasteiger partial charge is 0.230 e. The molecule has 2 heterocycles. The van der Waals surface area contributed by atoms with Crippen LogP contribution in [0.25, 0.3) is 43.3 Å². The first-order chi connectivity index (χ1) is 17.5. The highest BCUT2D eigenvalue weighted by atomic mass is 35.7. The van der Waals surface area contributed by atoms with Gasteiger partial charge in [0.1, 0.15) is 0 Å². The molecule has 0 saturated carbocycles. The van der Waals surface area contributed by atoms with E-state index in [9.17, 15) is 0 Å². The maximum Gasteiger partial charge on any atom is 0.242 e. The van der Waals surface area contributed by atoms with Gasteiger partial charge in [-0.2, -0.15) is 4.57 Å². The second-order valence-corrected chi connectivity index (χ2v) is 11.5. The lowest BCUT2D eigenvalue weighted by Crippen LogP contribution is -2.68. The minimum atomic E-state index is -4.94. The molecule has 190 valence electrons. The second kappa shape index (κ2) is 11.1. The fraction of sp³-hybridized carbons (Fsp3) is 0.172. The molecule has 2 aromatic heterocycles. The number of thiazole rings is 1. The lowest BCUT2D eigenvalue weighted by molar-refractivity contribution is -2.00. The molecule has 0 N–H and O–H groups in total. The molecule has 6 nitrogen and oxygen atoms in total. The molecule has 37 heavy (non-hydrogen) atoms. The molecule has 0 aliphatic rings. The van der Waals surface area contributed by atoms with Gasteiger partial charge in [-0.15, -0.1) is 21.6 Å². The lowest BCUT2D eigenvalue weighted by Gasteiger charge is -2.18. The first-order valence-corrected chi connectivity index (χ1v) is 13.7. The van der Waals surface area contributed by atoms with Crippen LogP contribution in [0.5, 0.6) is 0 Å². The summed E-state index contributed by atoms with van der Waals surface area (Å²) >= 11 is 1.77. The number of benzene rings is 3. The van der Waals surface area contributed by atoms with Crippen molar-refractivity contribution in [3.8, 4) is 33.1 Å². The van der Waals surface area contributed by atoms with Gasteiger partial charge in [0, 0.05) is 23.1 Å². The average Bonchev–Trinajstić information content (AvgIpc) is 3.27. The number of fused-ring (bicyclic) bond motifs is 1. The SMILES string of the molecule is CC(C)(C)C[n+]1c(-c2ccccc2)cc(-c2ccccc2)cc1-c1nc2ccccc2s1.[O-][Cl+3]([O-])([O-])[O-]. The van der Waals surface area contributed by atoms with Gasteiger partial charge in [-0.3, -0.25) is 0 Å². The van der Waals surface area contributed by atoms with E-state index in [4.69, 9.17) is 23.6 Å². The molecule has 0 amide bonds. The Balaban J connectivity index is 0.000000586. The first kappa shape index (κ1) is 26.9. The fourth-order valence-corrected chi connectivity index (χ4v) is 5.06. The third kappa shape index (κ3) is 7.42. The second-order valence-electron chi connectivity index (χ2n) is 9.76. The number of para-hydroxylation sites is 1. The van der Waals surface area contributed by atoms with Crippen molar-refractivity contribution in [1.82, 2.24) is 4.98 Å². The number of pyridine rings is 1. The van der Waals surface area contributed by atoms with Crippen molar-refractivity contribution in [2.45, 2.75) is 27.3 Å². The number of rotatable bonds is 4. The minimum Gasteiger partial charge on any atom is -0.230 e. The predicted molar refractivity (Wildman–Crippen MR) is 136 cm³/mol. The van der Waals surface area contributed by atoms with Crippen LogP contribution in [-0.4, -0.2) is 4.98 Å². The Bertz CT molecular complexity index is 1440. The predicted octanol–water partition coefficient (Wildman–Crippen LogP) is 2.87. The van der Waals surface area contributed by atoms with Crippen LogP contribution in [0.3, 0.4) is 0 Å². The standard InChI is InChI=1S/C29H27N2S.ClHO4/c1-29(2,3)20-31-25(22-14-8-5-9-15-22)18-23(21-12-6-4-7-13-21)19-26(31)28-30-24-16-10-11-17-27(24)32-28;2-1(3,4)5/h4-19H,20H2,1-3H3;(H,2,3,4,5)/q+1;/p-1. The molecule has 5 aromatic rings. The Kier molecular flexibility index (Phi) is 8.04. The zero-order chi connectivity index (χ0) is 26.6. The van der Waals surface area contributed by atoms with Crippen LogP contribution in [-0.2, 0) is 6.54 Å². The molecular weight excluding hydrogens is 508 g/mol. The van der Waals surface area contributed by atoms with E-state index < -0.39 is 10.2 Å².